The van der Waals surface area contributed by atoms with E-state index in [1.54, 1.807) is 0 Å². The Balaban J connectivity index is 0.00000288. The van der Waals surface area contributed by atoms with Gasteiger partial charge in [0.2, 0.25) is 5.91 Å². The molecule has 2 aliphatic rings. The van der Waals surface area contributed by atoms with E-state index in [1.165, 1.54) is 38.5 Å². The minimum atomic E-state index is 0. The minimum Gasteiger partial charge on any atom is -0.357 e. The molecule has 6 heteroatoms. The van der Waals surface area contributed by atoms with Gasteiger partial charge >= 0.3 is 0 Å². The first-order chi connectivity index (χ1) is 11.1. The predicted molar refractivity (Wildman–Crippen MR) is 111 cm³/mol. The number of nitrogens with zero attached hydrogens (tertiary/aromatic N) is 2. The van der Waals surface area contributed by atoms with Crippen LogP contribution in [0.15, 0.2) is 4.99 Å². The number of carbonyl (C=O) groups excluding carboxylic acids is 1. The average Bonchev–Trinajstić information content (AvgIpc) is 2.94. The van der Waals surface area contributed by atoms with Crippen LogP contribution in [0.1, 0.15) is 59.3 Å². The Morgan fingerprint density at radius 2 is 1.88 bits per heavy atom. The molecular formula is C18H35IN4O. The lowest BCUT2D eigenvalue weighted by Crippen LogP contribution is -2.42. The van der Waals surface area contributed by atoms with Gasteiger partial charge in [0.25, 0.3) is 0 Å². The van der Waals surface area contributed by atoms with Crippen molar-refractivity contribution in [1.29, 1.82) is 0 Å². The molecule has 1 saturated carbocycles. The van der Waals surface area contributed by atoms with Crippen molar-refractivity contribution < 1.29 is 4.79 Å². The topological polar surface area (TPSA) is 56.7 Å². The van der Waals surface area contributed by atoms with Crippen molar-refractivity contribution in [1.82, 2.24) is 15.5 Å². The van der Waals surface area contributed by atoms with Gasteiger partial charge < -0.3 is 15.5 Å². The fourth-order valence-corrected chi connectivity index (χ4v) is 3.80. The number of guanidine groups is 1. The summed E-state index contributed by atoms with van der Waals surface area (Å²) in [6, 6.07) is 0. The number of nitrogens with one attached hydrogen (secondary N) is 2. The molecule has 2 rings (SSSR count). The molecule has 0 bridgehead atoms. The second-order valence-electron chi connectivity index (χ2n) is 7.41. The van der Waals surface area contributed by atoms with Crippen LogP contribution in [-0.2, 0) is 4.79 Å². The van der Waals surface area contributed by atoms with Crippen molar-refractivity contribution in [2.75, 3.05) is 32.7 Å². The van der Waals surface area contributed by atoms with E-state index < -0.39 is 0 Å². The maximum absolute atomic E-state index is 11.6. The molecule has 1 amide bonds. The van der Waals surface area contributed by atoms with Crippen LogP contribution < -0.4 is 10.6 Å². The number of hydrogen-bond donors (Lipinski definition) is 2. The zero-order chi connectivity index (χ0) is 16.7. The van der Waals surface area contributed by atoms with Crippen molar-refractivity contribution in [3.8, 4) is 0 Å². The second-order valence-corrected chi connectivity index (χ2v) is 7.41. The summed E-state index contributed by atoms with van der Waals surface area (Å²) in [7, 11) is 0. The van der Waals surface area contributed by atoms with Crippen LogP contribution in [0.5, 0.6) is 0 Å². The van der Waals surface area contributed by atoms with E-state index in [0.29, 0.717) is 18.5 Å². The Bertz CT molecular complexity index is 419. The normalized spacial score (nSPS) is 20.2. The Morgan fingerprint density at radius 1 is 1.17 bits per heavy atom. The van der Waals surface area contributed by atoms with E-state index in [4.69, 9.17) is 4.99 Å². The molecule has 0 aromatic rings. The molecule has 1 aliphatic carbocycles. The second kappa shape index (κ2) is 10.5. The van der Waals surface area contributed by atoms with Crippen molar-refractivity contribution >= 4 is 35.8 Å². The first-order valence-electron chi connectivity index (χ1n) is 9.37. The summed E-state index contributed by atoms with van der Waals surface area (Å²) >= 11 is 0. The van der Waals surface area contributed by atoms with E-state index in [0.717, 1.165) is 25.6 Å². The largest absolute Gasteiger partial charge is 0.357 e. The van der Waals surface area contributed by atoms with Crippen LogP contribution in [0.4, 0.5) is 0 Å². The molecule has 2 N–H and O–H groups in total. The van der Waals surface area contributed by atoms with E-state index in [2.05, 4.69) is 22.5 Å². The number of rotatable bonds is 5. The summed E-state index contributed by atoms with van der Waals surface area (Å²) in [5.74, 6) is 1.17. The number of likely N-dealkylation sites (tertiary alicyclic amines) is 1. The van der Waals surface area contributed by atoms with Gasteiger partial charge in [0.1, 0.15) is 0 Å². The highest BCUT2D eigenvalue weighted by molar-refractivity contribution is 14.0. The first-order valence-corrected chi connectivity index (χ1v) is 9.37. The van der Waals surface area contributed by atoms with Gasteiger partial charge in [-0.2, -0.15) is 0 Å². The average molecular weight is 450 g/mol. The molecule has 140 valence electrons. The third kappa shape index (κ3) is 6.08. The highest BCUT2D eigenvalue weighted by Crippen LogP contribution is 2.43. The maximum Gasteiger partial charge on any atom is 0.222 e. The number of hydrogen-bond acceptors (Lipinski definition) is 2. The predicted octanol–water partition coefficient (Wildman–Crippen LogP) is 3.00. The standard InChI is InChI=1S/C18H34N4O.HI/c1-4-19-17(21-12-11-20-16(23)15(2)3)22-13-10-18(14-22)8-6-5-7-9-18;/h15H,4-14H2,1-3H3,(H,19,21)(H,20,23);1H. The molecule has 0 aromatic heterocycles. The SMILES string of the molecule is CCNC(=NCCNC(=O)C(C)C)N1CCC2(CCCCC2)C1.I. The Labute approximate surface area is 164 Å². The lowest BCUT2D eigenvalue weighted by molar-refractivity contribution is -0.123. The van der Waals surface area contributed by atoms with Crippen molar-refractivity contribution in [3.63, 3.8) is 0 Å². The van der Waals surface area contributed by atoms with Crippen LogP contribution >= 0.6 is 24.0 Å². The van der Waals surface area contributed by atoms with Gasteiger partial charge in [-0.05, 0) is 31.6 Å². The molecule has 0 unspecified atom stereocenters. The van der Waals surface area contributed by atoms with Gasteiger partial charge in [-0.15, -0.1) is 24.0 Å². The number of carbonyl (C=O) groups is 1. The highest BCUT2D eigenvalue weighted by Gasteiger charge is 2.39. The van der Waals surface area contributed by atoms with Crippen LogP contribution in [0.2, 0.25) is 0 Å². The number of aliphatic imine (C=N–C) groups is 1. The molecule has 5 nitrogen and oxygen atoms in total. The van der Waals surface area contributed by atoms with Gasteiger partial charge in [-0.25, -0.2) is 0 Å². The van der Waals surface area contributed by atoms with Crippen LogP contribution in [0.3, 0.4) is 0 Å². The molecule has 24 heavy (non-hydrogen) atoms. The van der Waals surface area contributed by atoms with Crippen LogP contribution in [0.25, 0.3) is 0 Å². The van der Waals surface area contributed by atoms with Crippen molar-refractivity contribution in [3.05, 3.63) is 0 Å². The molecule has 1 aliphatic heterocycles. The Kier molecular flexibility index (Phi) is 9.37. The Morgan fingerprint density at radius 3 is 2.50 bits per heavy atom. The molecule has 1 heterocycles. The van der Waals surface area contributed by atoms with Gasteiger partial charge in [0.05, 0.1) is 6.54 Å². The fourth-order valence-electron chi connectivity index (χ4n) is 3.80. The summed E-state index contributed by atoms with van der Waals surface area (Å²) in [5, 5.41) is 6.36. The quantitative estimate of drug-likeness (QED) is 0.293. The molecular weight excluding hydrogens is 415 g/mol. The number of halogens is 1. The smallest absolute Gasteiger partial charge is 0.222 e. The number of amides is 1. The van der Waals surface area contributed by atoms with Crippen molar-refractivity contribution in [2.45, 2.75) is 59.3 Å². The maximum atomic E-state index is 11.6. The zero-order valence-electron chi connectivity index (χ0n) is 15.6. The molecule has 1 saturated heterocycles. The molecule has 0 aromatic carbocycles. The fraction of sp³-hybridized carbons (Fsp3) is 0.889. The van der Waals surface area contributed by atoms with E-state index in [-0.39, 0.29) is 35.8 Å². The van der Waals surface area contributed by atoms with Crippen LogP contribution in [-0.4, -0.2) is 49.5 Å². The van der Waals surface area contributed by atoms with Gasteiger partial charge in [-0.1, -0.05) is 33.1 Å². The van der Waals surface area contributed by atoms with Gasteiger partial charge in [-0.3, -0.25) is 9.79 Å². The third-order valence-corrected chi connectivity index (χ3v) is 5.18. The molecule has 2 fully saturated rings. The lowest BCUT2D eigenvalue weighted by Gasteiger charge is -2.33. The van der Waals surface area contributed by atoms with Crippen molar-refractivity contribution in [2.24, 2.45) is 16.3 Å². The van der Waals surface area contributed by atoms with Gasteiger partial charge in [0.15, 0.2) is 5.96 Å². The van der Waals surface area contributed by atoms with Gasteiger partial charge in [0, 0.05) is 32.1 Å². The summed E-state index contributed by atoms with van der Waals surface area (Å²) in [4.78, 5) is 18.7. The van der Waals surface area contributed by atoms with E-state index >= 15 is 0 Å². The minimum absolute atomic E-state index is 0. The zero-order valence-corrected chi connectivity index (χ0v) is 17.9. The summed E-state index contributed by atoms with van der Waals surface area (Å²) in [6.07, 6.45) is 8.26. The monoisotopic (exact) mass is 450 g/mol. The molecule has 0 radical (unpaired) electrons. The lowest BCUT2D eigenvalue weighted by atomic mass is 9.73. The molecule has 1 spiro atoms. The third-order valence-electron chi connectivity index (χ3n) is 5.18. The Hall–Kier alpha value is -0.530. The van der Waals surface area contributed by atoms with E-state index in [9.17, 15) is 4.79 Å². The highest BCUT2D eigenvalue weighted by atomic mass is 127. The summed E-state index contributed by atoms with van der Waals surface area (Å²) in [6.45, 7) is 10.4. The summed E-state index contributed by atoms with van der Waals surface area (Å²) < 4.78 is 0. The van der Waals surface area contributed by atoms with Crippen LogP contribution in [0, 0.1) is 11.3 Å². The first kappa shape index (κ1) is 21.5. The summed E-state index contributed by atoms with van der Waals surface area (Å²) in [5.41, 5.74) is 0.542. The molecule has 0 atom stereocenters. The van der Waals surface area contributed by atoms with E-state index in [1.807, 2.05) is 13.8 Å².